The molecule has 1 fully saturated rings. The third-order valence-electron chi connectivity index (χ3n) is 5.81. The molecule has 7 nitrogen and oxygen atoms in total. The van der Waals surface area contributed by atoms with Gasteiger partial charge in [0, 0.05) is 25.0 Å². The van der Waals surface area contributed by atoms with Crippen molar-refractivity contribution in [3.8, 4) is 0 Å². The fourth-order valence-corrected chi connectivity index (χ4v) is 3.63. The predicted molar refractivity (Wildman–Crippen MR) is 119 cm³/mol. The summed E-state index contributed by atoms with van der Waals surface area (Å²) >= 11 is 0. The van der Waals surface area contributed by atoms with E-state index in [1.54, 1.807) is 0 Å². The van der Waals surface area contributed by atoms with Crippen LogP contribution in [0.5, 0.6) is 0 Å². The molecule has 172 valence electrons. The van der Waals surface area contributed by atoms with E-state index in [0.29, 0.717) is 6.42 Å². The van der Waals surface area contributed by atoms with Crippen LogP contribution in [0.15, 0.2) is 30.3 Å². The van der Waals surface area contributed by atoms with Gasteiger partial charge in [0.05, 0.1) is 31.2 Å². The lowest BCUT2D eigenvalue weighted by Crippen LogP contribution is -2.49. The average molecular weight is 433 g/mol. The molecule has 1 aromatic carbocycles. The normalized spacial score (nSPS) is 17.6. The number of rotatable bonds is 14. The number of nitrogens with one attached hydrogen (secondary N) is 2. The van der Waals surface area contributed by atoms with Gasteiger partial charge in [0.1, 0.15) is 0 Å². The number of hydrogen-bond acceptors (Lipinski definition) is 6. The Bertz CT molecular complexity index is 746. The molecule has 2 rings (SSSR count). The number of benzene rings is 1. The predicted octanol–water partition coefficient (Wildman–Crippen LogP) is 1.66. The molecule has 1 saturated carbocycles. The lowest BCUT2D eigenvalue weighted by atomic mass is 9.91. The Kier molecular flexibility index (Phi) is 9.34. The first-order chi connectivity index (χ1) is 14.7. The van der Waals surface area contributed by atoms with Crippen molar-refractivity contribution >= 4 is 17.5 Å². The first-order valence-electron chi connectivity index (χ1n) is 11.0. The zero-order chi connectivity index (χ0) is 23.0. The highest BCUT2D eigenvalue weighted by Gasteiger charge is 2.48. The number of aliphatic hydroxyl groups is 1. The Morgan fingerprint density at radius 1 is 1.13 bits per heavy atom. The van der Waals surface area contributed by atoms with Crippen LogP contribution in [0.1, 0.15) is 45.6 Å². The molecule has 0 spiro atoms. The van der Waals surface area contributed by atoms with Crippen molar-refractivity contribution in [3.05, 3.63) is 35.9 Å². The average Bonchev–Trinajstić information content (AvgIpc) is 3.49. The lowest BCUT2D eigenvalue weighted by molar-refractivity contribution is -0.135. The van der Waals surface area contributed by atoms with Gasteiger partial charge in [-0.2, -0.15) is 0 Å². The SMILES string of the molecule is COC[C@H](NC(C)C)C(=O)C[C@@H](CO)C(=O)N[C@@H](Cc1ccccc1)C(=O)C1(C)CC1. The topological polar surface area (TPSA) is 105 Å². The smallest absolute Gasteiger partial charge is 0.226 e. The first kappa shape index (κ1) is 25.2. The number of carbonyl (C=O) groups excluding carboxylic acids is 3. The molecule has 31 heavy (non-hydrogen) atoms. The van der Waals surface area contributed by atoms with Crippen molar-refractivity contribution in [1.29, 1.82) is 0 Å². The van der Waals surface area contributed by atoms with Gasteiger partial charge in [0.25, 0.3) is 0 Å². The second-order valence-electron chi connectivity index (χ2n) is 9.06. The number of Topliss-reactive ketones (excluding diaryl/α,β-unsaturated/α-hetero) is 2. The van der Waals surface area contributed by atoms with E-state index < -0.39 is 35.9 Å². The number of ether oxygens (including phenoxy) is 1. The van der Waals surface area contributed by atoms with Crippen molar-refractivity contribution in [2.24, 2.45) is 11.3 Å². The Morgan fingerprint density at radius 3 is 2.29 bits per heavy atom. The summed E-state index contributed by atoms with van der Waals surface area (Å²) in [4.78, 5) is 38.7. The molecule has 3 N–H and O–H groups in total. The van der Waals surface area contributed by atoms with E-state index in [-0.39, 0.29) is 30.6 Å². The molecule has 1 aliphatic rings. The summed E-state index contributed by atoms with van der Waals surface area (Å²) in [6.07, 6.45) is 1.89. The molecule has 0 heterocycles. The summed E-state index contributed by atoms with van der Waals surface area (Å²) in [7, 11) is 1.51. The molecule has 0 radical (unpaired) electrons. The van der Waals surface area contributed by atoms with Crippen molar-refractivity contribution < 1.29 is 24.2 Å². The minimum Gasteiger partial charge on any atom is -0.396 e. The van der Waals surface area contributed by atoms with Crippen LogP contribution in [0.4, 0.5) is 0 Å². The Balaban J connectivity index is 2.08. The molecule has 7 heteroatoms. The minimum atomic E-state index is -0.918. The second kappa shape index (κ2) is 11.5. The van der Waals surface area contributed by atoms with Crippen molar-refractivity contribution in [2.45, 2.75) is 64.6 Å². The van der Waals surface area contributed by atoms with Gasteiger partial charge >= 0.3 is 0 Å². The summed E-state index contributed by atoms with van der Waals surface area (Å²) in [6.45, 7) is 5.47. The van der Waals surface area contributed by atoms with E-state index in [1.807, 2.05) is 51.1 Å². The van der Waals surface area contributed by atoms with E-state index in [0.717, 1.165) is 18.4 Å². The Hall–Kier alpha value is -2.09. The fraction of sp³-hybridized carbons (Fsp3) is 0.625. The first-order valence-corrected chi connectivity index (χ1v) is 11.0. The quantitative estimate of drug-likeness (QED) is 0.413. The number of hydrogen-bond donors (Lipinski definition) is 3. The van der Waals surface area contributed by atoms with Gasteiger partial charge in [-0.15, -0.1) is 0 Å². The van der Waals surface area contributed by atoms with Gasteiger partial charge < -0.3 is 20.5 Å². The maximum Gasteiger partial charge on any atom is 0.226 e. The van der Waals surface area contributed by atoms with Crippen molar-refractivity contribution in [3.63, 3.8) is 0 Å². The van der Waals surface area contributed by atoms with E-state index in [1.165, 1.54) is 7.11 Å². The molecule has 0 aliphatic heterocycles. The maximum atomic E-state index is 13.0. The van der Waals surface area contributed by atoms with Crippen LogP contribution in [0, 0.1) is 11.3 Å². The van der Waals surface area contributed by atoms with Crippen LogP contribution in [0.2, 0.25) is 0 Å². The van der Waals surface area contributed by atoms with Crippen LogP contribution >= 0.6 is 0 Å². The third-order valence-corrected chi connectivity index (χ3v) is 5.81. The molecule has 0 bridgehead atoms. The van der Waals surface area contributed by atoms with Gasteiger partial charge in [-0.3, -0.25) is 14.4 Å². The van der Waals surface area contributed by atoms with E-state index >= 15 is 0 Å². The number of amides is 1. The van der Waals surface area contributed by atoms with Crippen LogP contribution in [-0.4, -0.2) is 61.0 Å². The minimum absolute atomic E-state index is 0.00598. The van der Waals surface area contributed by atoms with Crippen LogP contribution in [0.3, 0.4) is 0 Å². The number of carbonyl (C=O) groups is 3. The molecular weight excluding hydrogens is 396 g/mol. The summed E-state index contributed by atoms with van der Waals surface area (Å²) in [5.74, 6) is -1.59. The molecule has 3 atom stereocenters. The molecule has 0 unspecified atom stereocenters. The van der Waals surface area contributed by atoms with Gasteiger partial charge in [0.15, 0.2) is 11.6 Å². The van der Waals surface area contributed by atoms with Crippen LogP contribution in [-0.2, 0) is 25.5 Å². The third kappa shape index (κ3) is 7.52. The van der Waals surface area contributed by atoms with E-state index in [9.17, 15) is 19.5 Å². The fourth-order valence-electron chi connectivity index (χ4n) is 3.63. The van der Waals surface area contributed by atoms with Gasteiger partial charge in [-0.1, -0.05) is 51.1 Å². The van der Waals surface area contributed by atoms with Gasteiger partial charge in [-0.05, 0) is 24.8 Å². The Morgan fingerprint density at radius 2 is 1.77 bits per heavy atom. The van der Waals surface area contributed by atoms with E-state index in [2.05, 4.69) is 10.6 Å². The number of ketones is 2. The molecule has 1 aliphatic carbocycles. The van der Waals surface area contributed by atoms with Crippen LogP contribution < -0.4 is 10.6 Å². The highest BCUT2D eigenvalue weighted by atomic mass is 16.5. The molecular formula is C24H36N2O5. The monoisotopic (exact) mass is 432 g/mol. The maximum absolute atomic E-state index is 13.0. The standard InChI is InChI=1S/C24H36N2O5/c1-16(2)25-20(15-31-4)21(28)13-18(14-27)23(30)26-19(22(29)24(3)10-11-24)12-17-8-6-5-7-9-17/h5-9,16,18-20,25,27H,10-15H2,1-4H3,(H,26,30)/t18-,19-,20-/m0/s1. The summed E-state index contributed by atoms with van der Waals surface area (Å²) in [5, 5.41) is 15.8. The highest BCUT2D eigenvalue weighted by molar-refractivity contribution is 5.96. The summed E-state index contributed by atoms with van der Waals surface area (Å²) < 4.78 is 5.12. The molecule has 0 aromatic heterocycles. The van der Waals surface area contributed by atoms with Gasteiger partial charge in [-0.25, -0.2) is 0 Å². The summed E-state index contributed by atoms with van der Waals surface area (Å²) in [6, 6.07) is 8.35. The van der Waals surface area contributed by atoms with Gasteiger partial charge in [0.2, 0.25) is 5.91 Å². The lowest BCUT2D eigenvalue weighted by Gasteiger charge is -2.25. The molecule has 1 aromatic rings. The van der Waals surface area contributed by atoms with Crippen molar-refractivity contribution in [1.82, 2.24) is 10.6 Å². The van der Waals surface area contributed by atoms with E-state index in [4.69, 9.17) is 4.74 Å². The molecule has 1 amide bonds. The number of aliphatic hydroxyl groups excluding tert-OH is 1. The van der Waals surface area contributed by atoms with Crippen LogP contribution in [0.25, 0.3) is 0 Å². The highest BCUT2D eigenvalue weighted by Crippen LogP contribution is 2.46. The Labute approximate surface area is 184 Å². The zero-order valence-electron chi connectivity index (χ0n) is 19.0. The second-order valence-corrected chi connectivity index (χ2v) is 9.06. The largest absolute Gasteiger partial charge is 0.396 e. The number of methoxy groups -OCH3 is 1. The van der Waals surface area contributed by atoms with Crippen molar-refractivity contribution in [2.75, 3.05) is 20.3 Å². The summed E-state index contributed by atoms with van der Waals surface area (Å²) in [5.41, 5.74) is 0.547. The zero-order valence-corrected chi connectivity index (χ0v) is 19.0. The molecule has 0 saturated heterocycles.